The Morgan fingerprint density at radius 3 is 2.35 bits per heavy atom. The maximum Gasteiger partial charge on any atom is 0.338 e. The van der Waals surface area contributed by atoms with Crippen molar-refractivity contribution in [2.45, 2.75) is 38.6 Å². The van der Waals surface area contributed by atoms with Gasteiger partial charge in [0.1, 0.15) is 5.82 Å². The summed E-state index contributed by atoms with van der Waals surface area (Å²) >= 11 is 0. The second-order valence-corrected chi connectivity index (χ2v) is 6.60. The topological polar surface area (TPSA) is 74.7 Å². The summed E-state index contributed by atoms with van der Waals surface area (Å²) < 4.78 is 39.8. The summed E-state index contributed by atoms with van der Waals surface area (Å²) in [6, 6.07) is 1.75. The van der Waals surface area contributed by atoms with E-state index in [1.807, 2.05) is 0 Å². The van der Waals surface area contributed by atoms with Crippen molar-refractivity contribution in [1.82, 2.24) is 4.31 Å². The molecule has 0 spiro atoms. The molecule has 1 aromatic rings. The van der Waals surface area contributed by atoms with Crippen molar-refractivity contribution in [3.8, 4) is 0 Å². The van der Waals surface area contributed by atoms with Crippen LogP contribution in [-0.2, 0) is 10.0 Å². The fourth-order valence-corrected chi connectivity index (χ4v) is 3.75. The summed E-state index contributed by atoms with van der Waals surface area (Å²) in [5.41, 5.74) is -0.647. The minimum Gasteiger partial charge on any atom is -0.478 e. The Balaban J connectivity index is 3.51. The van der Waals surface area contributed by atoms with Crippen molar-refractivity contribution in [1.29, 1.82) is 0 Å². The van der Waals surface area contributed by atoms with Crippen molar-refractivity contribution in [3.05, 3.63) is 29.1 Å². The number of carboxylic acid groups (broad SMARTS) is 1. The Hall–Kier alpha value is -1.47. The van der Waals surface area contributed by atoms with Crippen LogP contribution < -0.4 is 0 Å². The number of hydrogen-bond acceptors (Lipinski definition) is 3. The van der Waals surface area contributed by atoms with E-state index in [1.54, 1.807) is 20.8 Å². The van der Waals surface area contributed by atoms with Gasteiger partial charge in [-0.15, -0.1) is 0 Å². The van der Waals surface area contributed by atoms with Gasteiger partial charge in [-0.05, 0) is 38.5 Å². The molecule has 0 saturated carbocycles. The summed E-state index contributed by atoms with van der Waals surface area (Å²) in [4.78, 5) is 10.8. The number of nitrogens with zero attached hydrogens (tertiary/aromatic N) is 1. The Labute approximate surface area is 118 Å². The minimum atomic E-state index is -3.84. The van der Waals surface area contributed by atoms with Gasteiger partial charge in [-0.3, -0.25) is 0 Å². The SMILES string of the molecule is CCN(C(C)C)S(=O)(=O)c1cc(C)c(F)c(C(=O)O)c1. The molecule has 112 valence electrons. The molecule has 0 saturated heterocycles. The van der Waals surface area contributed by atoms with Crippen molar-refractivity contribution >= 4 is 16.0 Å². The summed E-state index contributed by atoms with van der Waals surface area (Å²) in [6.07, 6.45) is 0. The molecule has 0 heterocycles. The molecule has 0 atom stereocenters. The highest BCUT2D eigenvalue weighted by Crippen LogP contribution is 2.23. The molecule has 0 unspecified atom stereocenters. The van der Waals surface area contributed by atoms with Gasteiger partial charge in [0.05, 0.1) is 10.5 Å². The van der Waals surface area contributed by atoms with Gasteiger partial charge in [0, 0.05) is 12.6 Å². The number of carboxylic acids is 1. The lowest BCUT2D eigenvalue weighted by Gasteiger charge is -2.24. The molecule has 7 heteroatoms. The van der Waals surface area contributed by atoms with Crippen molar-refractivity contribution in [2.75, 3.05) is 6.54 Å². The van der Waals surface area contributed by atoms with E-state index >= 15 is 0 Å². The zero-order valence-electron chi connectivity index (χ0n) is 11.8. The standard InChI is InChI=1S/C13H18FNO4S/c1-5-15(8(2)3)20(18,19)10-6-9(4)12(14)11(7-10)13(16)17/h6-8H,5H2,1-4H3,(H,16,17). The molecule has 0 radical (unpaired) electrons. The number of aryl methyl sites for hydroxylation is 1. The van der Waals surface area contributed by atoms with Gasteiger partial charge in [0.2, 0.25) is 10.0 Å². The van der Waals surface area contributed by atoms with E-state index < -0.39 is 27.4 Å². The van der Waals surface area contributed by atoms with Crippen molar-refractivity contribution in [3.63, 3.8) is 0 Å². The van der Waals surface area contributed by atoms with Gasteiger partial charge in [0.15, 0.2) is 0 Å². The number of aromatic carboxylic acids is 1. The Morgan fingerprint density at radius 2 is 1.95 bits per heavy atom. The van der Waals surface area contributed by atoms with Crippen LogP contribution in [0, 0.1) is 12.7 Å². The predicted molar refractivity (Wildman–Crippen MR) is 72.8 cm³/mol. The van der Waals surface area contributed by atoms with Gasteiger partial charge >= 0.3 is 5.97 Å². The third-order valence-electron chi connectivity index (χ3n) is 2.95. The van der Waals surface area contributed by atoms with Gasteiger partial charge < -0.3 is 5.11 Å². The molecule has 20 heavy (non-hydrogen) atoms. The van der Waals surface area contributed by atoms with Crippen LogP contribution >= 0.6 is 0 Å². The van der Waals surface area contributed by atoms with Gasteiger partial charge in [-0.2, -0.15) is 4.31 Å². The molecule has 1 N–H and O–H groups in total. The van der Waals surface area contributed by atoms with Crippen LogP contribution in [0.5, 0.6) is 0 Å². The number of sulfonamides is 1. The fraction of sp³-hybridized carbons (Fsp3) is 0.462. The minimum absolute atomic E-state index is 0.0108. The molecule has 0 amide bonds. The highest BCUT2D eigenvalue weighted by atomic mass is 32.2. The summed E-state index contributed by atoms with van der Waals surface area (Å²) in [7, 11) is -3.84. The quantitative estimate of drug-likeness (QED) is 0.905. The highest BCUT2D eigenvalue weighted by Gasteiger charge is 2.28. The molecular weight excluding hydrogens is 285 g/mol. The monoisotopic (exact) mass is 303 g/mol. The zero-order valence-corrected chi connectivity index (χ0v) is 12.7. The lowest BCUT2D eigenvalue weighted by Crippen LogP contribution is -2.36. The predicted octanol–water partition coefficient (Wildman–Crippen LogP) is 2.25. The fourth-order valence-electron chi connectivity index (χ4n) is 1.99. The third-order valence-corrected chi connectivity index (χ3v) is 5.08. The molecule has 1 aromatic carbocycles. The Bertz CT molecular complexity index is 626. The van der Waals surface area contributed by atoms with Crippen LogP contribution in [0.15, 0.2) is 17.0 Å². The van der Waals surface area contributed by atoms with E-state index in [4.69, 9.17) is 5.11 Å². The van der Waals surface area contributed by atoms with Gasteiger partial charge in [-0.25, -0.2) is 17.6 Å². The van der Waals surface area contributed by atoms with E-state index in [0.29, 0.717) is 0 Å². The number of hydrogen-bond donors (Lipinski definition) is 1. The first-order valence-electron chi connectivity index (χ1n) is 6.18. The molecule has 0 aromatic heterocycles. The van der Waals surface area contributed by atoms with Crippen LogP contribution in [0.2, 0.25) is 0 Å². The smallest absolute Gasteiger partial charge is 0.338 e. The largest absolute Gasteiger partial charge is 0.478 e. The van der Waals surface area contributed by atoms with E-state index in [9.17, 15) is 17.6 Å². The average Bonchev–Trinajstić information content (AvgIpc) is 2.31. The first kappa shape index (κ1) is 16.6. The molecule has 0 aliphatic carbocycles. The maximum absolute atomic E-state index is 13.7. The van der Waals surface area contributed by atoms with Crippen molar-refractivity contribution < 1.29 is 22.7 Å². The molecule has 5 nitrogen and oxygen atoms in total. The van der Waals surface area contributed by atoms with Crippen LogP contribution in [0.1, 0.15) is 36.7 Å². The van der Waals surface area contributed by atoms with E-state index in [1.165, 1.54) is 11.2 Å². The lowest BCUT2D eigenvalue weighted by atomic mass is 10.1. The number of carbonyl (C=O) groups is 1. The second-order valence-electron chi connectivity index (χ2n) is 4.71. The summed E-state index contributed by atoms with van der Waals surface area (Å²) in [5, 5.41) is 8.94. The number of benzene rings is 1. The first-order chi connectivity index (χ1) is 9.12. The van der Waals surface area contributed by atoms with Crippen LogP contribution in [0.3, 0.4) is 0 Å². The summed E-state index contributed by atoms with van der Waals surface area (Å²) in [5.74, 6) is -2.40. The summed E-state index contributed by atoms with van der Waals surface area (Å²) in [6.45, 7) is 6.71. The van der Waals surface area contributed by atoms with Crippen molar-refractivity contribution in [2.24, 2.45) is 0 Å². The van der Waals surface area contributed by atoms with Gasteiger partial charge in [-0.1, -0.05) is 6.92 Å². The molecule has 0 aliphatic heterocycles. The molecule has 1 rings (SSSR count). The van der Waals surface area contributed by atoms with Gasteiger partial charge in [0.25, 0.3) is 0 Å². The molecule has 0 bridgehead atoms. The maximum atomic E-state index is 13.7. The van der Waals surface area contributed by atoms with E-state index in [2.05, 4.69) is 0 Å². The van der Waals surface area contributed by atoms with E-state index in [0.717, 1.165) is 12.1 Å². The zero-order chi connectivity index (χ0) is 15.7. The highest BCUT2D eigenvalue weighted by molar-refractivity contribution is 7.89. The molecular formula is C13H18FNO4S. The van der Waals surface area contributed by atoms with Crippen LogP contribution in [0.4, 0.5) is 4.39 Å². The number of halogens is 1. The lowest BCUT2D eigenvalue weighted by molar-refractivity contribution is 0.0691. The normalized spacial score (nSPS) is 12.2. The first-order valence-corrected chi connectivity index (χ1v) is 7.62. The Kier molecular flexibility index (Phi) is 4.88. The molecule has 0 fully saturated rings. The molecule has 0 aliphatic rings. The average molecular weight is 303 g/mol. The third kappa shape index (κ3) is 2.99. The number of rotatable bonds is 5. The second kappa shape index (κ2) is 5.88. The van der Waals surface area contributed by atoms with Crippen LogP contribution in [-0.4, -0.2) is 36.4 Å². The van der Waals surface area contributed by atoms with E-state index in [-0.39, 0.29) is 23.0 Å². The van der Waals surface area contributed by atoms with Crippen LogP contribution in [0.25, 0.3) is 0 Å². The Morgan fingerprint density at radius 1 is 1.40 bits per heavy atom.